The quantitative estimate of drug-likeness (QED) is 0.333. The van der Waals surface area contributed by atoms with Crippen LogP contribution in [0, 0.1) is 10.1 Å². The summed E-state index contributed by atoms with van der Waals surface area (Å²) < 4.78 is 31.2. The van der Waals surface area contributed by atoms with Gasteiger partial charge in [-0.1, -0.05) is 6.07 Å². The van der Waals surface area contributed by atoms with Gasteiger partial charge in [0.15, 0.2) is 5.13 Å². The van der Waals surface area contributed by atoms with Gasteiger partial charge in [0.05, 0.1) is 28.7 Å². The van der Waals surface area contributed by atoms with E-state index < -0.39 is 20.9 Å². The van der Waals surface area contributed by atoms with E-state index in [1.807, 2.05) is 0 Å². The van der Waals surface area contributed by atoms with E-state index in [9.17, 15) is 23.3 Å². The van der Waals surface area contributed by atoms with Crippen molar-refractivity contribution in [1.82, 2.24) is 9.29 Å². The molecule has 0 unspecified atom stereocenters. The summed E-state index contributed by atoms with van der Waals surface area (Å²) in [7, 11) is 0.647. The summed E-state index contributed by atoms with van der Waals surface area (Å²) in [5, 5.41) is 13.0. The molecule has 1 aromatic heterocycles. The Labute approximate surface area is 195 Å². The lowest BCUT2D eigenvalue weighted by Gasteiger charge is -2.20. The van der Waals surface area contributed by atoms with E-state index in [1.165, 1.54) is 67.8 Å². The first-order valence-corrected chi connectivity index (χ1v) is 12.0. The molecule has 3 aromatic rings. The van der Waals surface area contributed by atoms with Crippen LogP contribution in [0.3, 0.4) is 0 Å². The lowest BCUT2D eigenvalue weighted by atomic mass is 10.1. The van der Waals surface area contributed by atoms with Crippen LogP contribution in [0.5, 0.6) is 0 Å². The molecule has 0 aliphatic heterocycles. The average Bonchev–Trinajstić information content (AvgIpc) is 3.29. The summed E-state index contributed by atoms with van der Waals surface area (Å²) in [6.45, 7) is 0.446. The van der Waals surface area contributed by atoms with Gasteiger partial charge in [0.2, 0.25) is 10.0 Å². The van der Waals surface area contributed by atoms with Crippen LogP contribution in [-0.2, 0) is 14.8 Å². The van der Waals surface area contributed by atoms with Gasteiger partial charge in [-0.2, -0.15) is 0 Å². The predicted molar refractivity (Wildman–Crippen MR) is 125 cm³/mol. The van der Waals surface area contributed by atoms with Crippen LogP contribution in [0.1, 0.15) is 10.4 Å². The van der Waals surface area contributed by atoms with E-state index in [2.05, 4.69) is 4.98 Å². The van der Waals surface area contributed by atoms with Crippen LogP contribution >= 0.6 is 11.3 Å². The number of carbonyl (C=O) groups excluding carboxylic acids is 1. The van der Waals surface area contributed by atoms with Gasteiger partial charge in [-0.25, -0.2) is 17.7 Å². The number of non-ortho nitro benzene ring substituents is 1. The highest BCUT2D eigenvalue weighted by molar-refractivity contribution is 7.89. The summed E-state index contributed by atoms with van der Waals surface area (Å²) >= 11 is 1.23. The van der Waals surface area contributed by atoms with Crippen molar-refractivity contribution < 1.29 is 22.9 Å². The zero-order valence-corrected chi connectivity index (χ0v) is 19.8. The Morgan fingerprint density at radius 2 is 1.88 bits per heavy atom. The third kappa shape index (κ3) is 5.42. The minimum atomic E-state index is -3.70. The van der Waals surface area contributed by atoms with E-state index in [0.29, 0.717) is 16.4 Å². The molecule has 0 bridgehead atoms. The molecule has 33 heavy (non-hydrogen) atoms. The number of ether oxygens (including phenoxy) is 1. The minimum Gasteiger partial charge on any atom is -0.383 e. The van der Waals surface area contributed by atoms with Crippen molar-refractivity contribution in [2.24, 2.45) is 0 Å². The fourth-order valence-electron chi connectivity index (χ4n) is 2.90. The van der Waals surface area contributed by atoms with E-state index >= 15 is 0 Å². The molecular weight excluding hydrogens is 468 g/mol. The van der Waals surface area contributed by atoms with Crippen LogP contribution in [0.4, 0.5) is 10.8 Å². The SMILES string of the molecule is COCCN(C(=O)c1cccc(S(=O)(=O)N(C)C)c1)c1nc(-c2ccc([N+](=O)[O-])cc2)cs1. The molecule has 12 heteroatoms. The van der Waals surface area contributed by atoms with Gasteiger partial charge in [0.1, 0.15) is 0 Å². The summed E-state index contributed by atoms with van der Waals surface area (Å²) in [6, 6.07) is 11.8. The number of rotatable bonds is 9. The molecule has 0 fully saturated rings. The van der Waals surface area contributed by atoms with Crippen molar-refractivity contribution in [2.45, 2.75) is 4.90 Å². The van der Waals surface area contributed by atoms with Crippen LogP contribution in [0.15, 0.2) is 58.8 Å². The highest BCUT2D eigenvalue weighted by Crippen LogP contribution is 2.30. The number of carbonyl (C=O) groups is 1. The van der Waals surface area contributed by atoms with Gasteiger partial charge in [0.25, 0.3) is 11.6 Å². The molecule has 0 aliphatic rings. The van der Waals surface area contributed by atoms with Crippen LogP contribution < -0.4 is 4.90 Å². The van der Waals surface area contributed by atoms with Crippen LogP contribution in [0.25, 0.3) is 11.3 Å². The van der Waals surface area contributed by atoms with Gasteiger partial charge in [0, 0.05) is 49.8 Å². The Kier molecular flexibility index (Phi) is 7.53. The van der Waals surface area contributed by atoms with E-state index in [0.717, 1.165) is 4.31 Å². The maximum absolute atomic E-state index is 13.3. The van der Waals surface area contributed by atoms with Crippen LogP contribution in [0.2, 0.25) is 0 Å². The zero-order valence-electron chi connectivity index (χ0n) is 18.2. The molecule has 2 aromatic carbocycles. The van der Waals surface area contributed by atoms with Gasteiger partial charge in [-0.3, -0.25) is 19.8 Å². The minimum absolute atomic E-state index is 0.00995. The average molecular weight is 491 g/mol. The molecule has 174 valence electrons. The summed E-state index contributed by atoms with van der Waals surface area (Å²) in [5.41, 5.74) is 1.39. The second kappa shape index (κ2) is 10.2. The van der Waals surface area contributed by atoms with Crippen LogP contribution in [-0.4, -0.2) is 62.9 Å². The summed E-state index contributed by atoms with van der Waals surface area (Å²) in [4.78, 5) is 29.7. The topological polar surface area (TPSA) is 123 Å². The second-order valence-corrected chi connectivity index (χ2v) is 10.1. The molecule has 1 heterocycles. The molecule has 0 atom stereocenters. The Morgan fingerprint density at radius 3 is 2.48 bits per heavy atom. The van der Waals surface area contributed by atoms with Gasteiger partial charge in [-0.05, 0) is 30.3 Å². The monoisotopic (exact) mass is 490 g/mol. The normalized spacial score (nSPS) is 11.5. The molecule has 0 radical (unpaired) electrons. The molecule has 10 nitrogen and oxygen atoms in total. The molecular formula is C21H22N4O6S2. The highest BCUT2D eigenvalue weighted by Gasteiger charge is 2.24. The van der Waals surface area contributed by atoms with Gasteiger partial charge >= 0.3 is 0 Å². The number of methoxy groups -OCH3 is 1. The number of nitro groups is 1. The highest BCUT2D eigenvalue weighted by atomic mass is 32.2. The van der Waals surface area contributed by atoms with E-state index in [1.54, 1.807) is 23.6 Å². The third-order valence-corrected chi connectivity index (χ3v) is 7.40. The number of anilines is 1. The van der Waals surface area contributed by atoms with Crippen molar-refractivity contribution in [3.8, 4) is 11.3 Å². The Hall–Kier alpha value is -3.19. The Bertz CT molecular complexity index is 1260. The number of aromatic nitrogens is 1. The maximum Gasteiger partial charge on any atom is 0.269 e. The van der Waals surface area contributed by atoms with Crippen molar-refractivity contribution in [3.05, 3.63) is 69.6 Å². The number of nitrogens with zero attached hydrogens (tertiary/aromatic N) is 4. The first-order valence-electron chi connectivity index (χ1n) is 9.69. The molecule has 0 saturated carbocycles. The number of hydrogen-bond acceptors (Lipinski definition) is 8. The van der Waals surface area contributed by atoms with E-state index in [-0.39, 0.29) is 29.3 Å². The number of sulfonamides is 1. The number of hydrogen-bond donors (Lipinski definition) is 0. The Balaban J connectivity index is 1.94. The predicted octanol–water partition coefficient (Wildman–Crippen LogP) is 3.26. The standard InChI is InChI=1S/C21H22N4O6S2/c1-23(2)33(29,30)18-6-4-5-16(13-18)20(26)24(11-12-31-3)21-22-19(14-32-21)15-7-9-17(10-8-15)25(27)28/h4-10,13-14H,11-12H2,1-3H3. The summed E-state index contributed by atoms with van der Waals surface area (Å²) in [5.74, 6) is -0.424. The van der Waals surface area contributed by atoms with E-state index in [4.69, 9.17) is 4.74 Å². The number of nitro benzene ring substituents is 1. The fraction of sp³-hybridized carbons (Fsp3) is 0.238. The zero-order chi connectivity index (χ0) is 24.2. The Morgan fingerprint density at radius 1 is 1.18 bits per heavy atom. The molecule has 1 amide bonds. The van der Waals surface area contributed by atoms with Gasteiger partial charge < -0.3 is 4.74 Å². The third-order valence-electron chi connectivity index (χ3n) is 4.72. The van der Waals surface area contributed by atoms with Gasteiger partial charge in [-0.15, -0.1) is 11.3 Å². The molecule has 0 N–H and O–H groups in total. The number of amides is 1. The summed E-state index contributed by atoms with van der Waals surface area (Å²) in [6.07, 6.45) is 0. The molecule has 0 saturated heterocycles. The fourth-order valence-corrected chi connectivity index (χ4v) is 4.70. The molecule has 0 spiro atoms. The molecule has 3 rings (SSSR count). The maximum atomic E-state index is 13.3. The van der Waals surface area contributed by atoms with Crippen molar-refractivity contribution in [2.75, 3.05) is 39.3 Å². The smallest absolute Gasteiger partial charge is 0.269 e. The number of thiazole rings is 1. The second-order valence-electron chi connectivity index (χ2n) is 7.08. The van der Waals surface area contributed by atoms with Crippen molar-refractivity contribution in [1.29, 1.82) is 0 Å². The first kappa shape index (κ1) is 24.5. The largest absolute Gasteiger partial charge is 0.383 e. The number of benzene rings is 2. The lowest BCUT2D eigenvalue weighted by Crippen LogP contribution is -2.34. The van der Waals surface area contributed by atoms with Crippen molar-refractivity contribution in [3.63, 3.8) is 0 Å². The first-order chi connectivity index (χ1) is 15.6. The lowest BCUT2D eigenvalue weighted by molar-refractivity contribution is -0.384. The van der Waals surface area contributed by atoms with Crippen molar-refractivity contribution >= 4 is 38.1 Å². The molecule has 0 aliphatic carbocycles.